The molecule has 2 aromatic carbocycles. The Balaban J connectivity index is 1.27. The van der Waals surface area contributed by atoms with Crippen molar-refractivity contribution in [3.63, 3.8) is 0 Å². The van der Waals surface area contributed by atoms with Crippen LogP contribution in [0.3, 0.4) is 0 Å². The van der Waals surface area contributed by atoms with E-state index in [-0.39, 0.29) is 18.5 Å². The first-order valence-electron chi connectivity index (χ1n) is 10.4. The number of anilines is 2. The molecule has 32 heavy (non-hydrogen) atoms. The van der Waals surface area contributed by atoms with Gasteiger partial charge in [0.25, 0.3) is 0 Å². The number of halogens is 1. The summed E-state index contributed by atoms with van der Waals surface area (Å²) in [6, 6.07) is 13.3. The molecule has 3 amide bonds. The van der Waals surface area contributed by atoms with Crippen molar-refractivity contribution in [1.29, 1.82) is 0 Å². The van der Waals surface area contributed by atoms with Gasteiger partial charge in [-0.1, -0.05) is 41.4 Å². The number of carbonyl (C=O) groups is 2. The summed E-state index contributed by atoms with van der Waals surface area (Å²) in [5.74, 6) is -0.0278. The molecule has 2 heterocycles. The molecule has 1 aromatic heterocycles. The number of amides is 3. The molecule has 7 nitrogen and oxygen atoms in total. The van der Waals surface area contributed by atoms with Crippen molar-refractivity contribution in [3.8, 4) is 10.6 Å². The van der Waals surface area contributed by atoms with Crippen LogP contribution in [-0.2, 0) is 11.2 Å². The third-order valence-electron chi connectivity index (χ3n) is 5.10. The van der Waals surface area contributed by atoms with E-state index < -0.39 is 0 Å². The Morgan fingerprint density at radius 3 is 2.81 bits per heavy atom. The van der Waals surface area contributed by atoms with E-state index in [1.54, 1.807) is 23.5 Å². The molecule has 3 N–H and O–H groups in total. The van der Waals surface area contributed by atoms with Crippen LogP contribution in [0.1, 0.15) is 11.3 Å². The minimum absolute atomic E-state index is 0.0278. The molecule has 0 atom stereocenters. The van der Waals surface area contributed by atoms with Crippen molar-refractivity contribution >= 4 is 46.3 Å². The third kappa shape index (κ3) is 5.57. The molecule has 0 saturated carbocycles. The number of nitrogens with one attached hydrogen (secondary N) is 3. The van der Waals surface area contributed by atoms with Crippen LogP contribution in [0, 0.1) is 6.92 Å². The van der Waals surface area contributed by atoms with Crippen molar-refractivity contribution in [3.05, 3.63) is 64.1 Å². The fourth-order valence-electron chi connectivity index (χ4n) is 3.42. The SMILES string of the molecule is Cc1ccc(-c2nc(CCNC(=O)Nc3ccc(N4CCNC(=O)C4)c(Cl)c3)cs2)cc1. The predicted octanol–water partition coefficient (Wildman–Crippen LogP) is 4.07. The van der Waals surface area contributed by atoms with Crippen LogP contribution in [0.25, 0.3) is 10.6 Å². The zero-order chi connectivity index (χ0) is 22.5. The first kappa shape index (κ1) is 22.1. The molecule has 0 bridgehead atoms. The Labute approximate surface area is 195 Å². The van der Waals surface area contributed by atoms with Crippen molar-refractivity contribution in [1.82, 2.24) is 15.6 Å². The molecular weight excluding hydrogens is 446 g/mol. The van der Waals surface area contributed by atoms with Gasteiger partial charge >= 0.3 is 6.03 Å². The lowest BCUT2D eigenvalue weighted by atomic mass is 10.2. The third-order valence-corrected chi connectivity index (χ3v) is 6.34. The van der Waals surface area contributed by atoms with E-state index in [1.807, 2.05) is 16.3 Å². The highest BCUT2D eigenvalue weighted by atomic mass is 35.5. The molecular formula is C23H24ClN5O2S. The quantitative estimate of drug-likeness (QED) is 0.508. The van der Waals surface area contributed by atoms with Gasteiger partial charge in [-0.15, -0.1) is 11.3 Å². The van der Waals surface area contributed by atoms with Gasteiger partial charge in [0.05, 0.1) is 22.9 Å². The Morgan fingerprint density at radius 1 is 1.25 bits per heavy atom. The summed E-state index contributed by atoms with van der Waals surface area (Å²) in [5, 5.41) is 11.9. The number of carbonyl (C=O) groups excluding carboxylic acids is 2. The number of benzene rings is 2. The second-order valence-electron chi connectivity index (χ2n) is 7.58. The second kappa shape index (κ2) is 10.0. The normalized spacial score (nSPS) is 13.6. The average Bonchev–Trinajstić information content (AvgIpc) is 3.23. The minimum Gasteiger partial charge on any atom is -0.359 e. The Morgan fingerprint density at radius 2 is 2.06 bits per heavy atom. The van der Waals surface area contributed by atoms with Crippen molar-refractivity contribution in [2.75, 3.05) is 36.4 Å². The summed E-state index contributed by atoms with van der Waals surface area (Å²) >= 11 is 7.99. The number of hydrogen-bond acceptors (Lipinski definition) is 5. The van der Waals surface area contributed by atoms with Gasteiger partial charge in [-0.2, -0.15) is 0 Å². The van der Waals surface area contributed by atoms with Crippen molar-refractivity contribution in [2.24, 2.45) is 0 Å². The van der Waals surface area contributed by atoms with E-state index in [1.165, 1.54) is 5.56 Å². The Bertz CT molecular complexity index is 1120. The van der Waals surface area contributed by atoms with Crippen molar-refractivity contribution < 1.29 is 9.59 Å². The fourth-order valence-corrected chi connectivity index (χ4v) is 4.58. The maximum atomic E-state index is 12.3. The number of urea groups is 1. The number of aryl methyl sites for hydroxylation is 1. The smallest absolute Gasteiger partial charge is 0.319 e. The van der Waals surface area contributed by atoms with E-state index in [0.717, 1.165) is 22.0 Å². The van der Waals surface area contributed by atoms with Gasteiger partial charge in [0.1, 0.15) is 5.01 Å². The average molecular weight is 470 g/mol. The van der Waals surface area contributed by atoms with Gasteiger partial charge in [0.15, 0.2) is 0 Å². The second-order valence-corrected chi connectivity index (χ2v) is 8.84. The number of piperazine rings is 1. The van der Waals surface area contributed by atoms with E-state index in [9.17, 15) is 9.59 Å². The Hall–Kier alpha value is -3.10. The van der Waals surface area contributed by atoms with Gasteiger partial charge in [0, 0.05) is 42.7 Å². The molecule has 0 radical (unpaired) electrons. The first-order valence-corrected chi connectivity index (χ1v) is 11.6. The molecule has 0 spiro atoms. The summed E-state index contributed by atoms with van der Waals surface area (Å²) in [6.45, 7) is 4.08. The van der Waals surface area contributed by atoms with E-state index in [0.29, 0.717) is 36.8 Å². The summed E-state index contributed by atoms with van der Waals surface area (Å²) in [4.78, 5) is 30.4. The Kier molecular flexibility index (Phi) is 6.92. The van der Waals surface area contributed by atoms with E-state index in [4.69, 9.17) is 11.6 Å². The van der Waals surface area contributed by atoms with Gasteiger partial charge in [-0.3, -0.25) is 4.79 Å². The molecule has 1 aliphatic heterocycles. The fraction of sp³-hybridized carbons (Fsp3) is 0.261. The summed E-state index contributed by atoms with van der Waals surface area (Å²) < 4.78 is 0. The van der Waals surface area contributed by atoms with Gasteiger partial charge in [-0.25, -0.2) is 9.78 Å². The molecule has 1 aliphatic rings. The molecule has 1 fully saturated rings. The van der Waals surface area contributed by atoms with E-state index in [2.05, 4.69) is 52.1 Å². The molecule has 166 valence electrons. The van der Waals surface area contributed by atoms with Gasteiger partial charge in [0.2, 0.25) is 5.91 Å². The summed E-state index contributed by atoms with van der Waals surface area (Å²) in [7, 11) is 0. The van der Waals surface area contributed by atoms with E-state index >= 15 is 0 Å². The maximum Gasteiger partial charge on any atom is 0.319 e. The van der Waals surface area contributed by atoms with Crippen molar-refractivity contribution in [2.45, 2.75) is 13.3 Å². The van der Waals surface area contributed by atoms with Crippen LogP contribution < -0.4 is 20.9 Å². The largest absolute Gasteiger partial charge is 0.359 e. The molecule has 0 unspecified atom stereocenters. The summed E-state index contributed by atoms with van der Waals surface area (Å²) in [6.07, 6.45) is 0.645. The highest BCUT2D eigenvalue weighted by Crippen LogP contribution is 2.29. The molecule has 4 rings (SSSR count). The van der Waals surface area contributed by atoms with Crippen LogP contribution >= 0.6 is 22.9 Å². The molecule has 1 saturated heterocycles. The highest BCUT2D eigenvalue weighted by molar-refractivity contribution is 7.13. The van der Waals surface area contributed by atoms with Crippen LogP contribution in [0.15, 0.2) is 47.8 Å². The highest BCUT2D eigenvalue weighted by Gasteiger charge is 2.19. The van der Waals surface area contributed by atoms with Crippen LogP contribution in [0.5, 0.6) is 0 Å². The van der Waals surface area contributed by atoms with Crippen LogP contribution in [-0.4, -0.2) is 43.1 Å². The number of rotatable bonds is 6. The number of aromatic nitrogens is 1. The maximum absolute atomic E-state index is 12.3. The monoisotopic (exact) mass is 469 g/mol. The standard InChI is InChI=1S/C23H24ClN5O2S/c1-15-2-4-16(5-3-15)22-27-18(14-32-22)8-9-26-23(31)28-17-6-7-20(19(24)12-17)29-11-10-25-21(30)13-29/h2-7,12,14H,8-11,13H2,1H3,(H,25,30)(H2,26,28,31). The zero-order valence-corrected chi connectivity index (χ0v) is 19.2. The topological polar surface area (TPSA) is 86.4 Å². The number of thiazole rings is 1. The lowest BCUT2D eigenvalue weighted by molar-refractivity contribution is -0.120. The lowest BCUT2D eigenvalue weighted by Gasteiger charge is -2.29. The van der Waals surface area contributed by atoms with Crippen LogP contribution in [0.2, 0.25) is 5.02 Å². The first-order chi connectivity index (χ1) is 15.5. The zero-order valence-electron chi connectivity index (χ0n) is 17.7. The minimum atomic E-state index is -0.305. The molecule has 3 aromatic rings. The van der Waals surface area contributed by atoms with Gasteiger partial charge in [-0.05, 0) is 25.1 Å². The lowest BCUT2D eigenvalue weighted by Crippen LogP contribution is -2.47. The number of nitrogens with zero attached hydrogens (tertiary/aromatic N) is 2. The predicted molar refractivity (Wildman–Crippen MR) is 130 cm³/mol. The van der Waals surface area contributed by atoms with Crippen LogP contribution in [0.4, 0.5) is 16.2 Å². The van der Waals surface area contributed by atoms with Gasteiger partial charge < -0.3 is 20.9 Å². The molecule has 9 heteroatoms. The number of hydrogen-bond donors (Lipinski definition) is 3. The molecule has 0 aliphatic carbocycles. The summed E-state index contributed by atoms with van der Waals surface area (Å²) in [5.41, 5.74) is 4.64.